The van der Waals surface area contributed by atoms with Crippen molar-refractivity contribution < 1.29 is 8.42 Å². The van der Waals surface area contributed by atoms with Crippen LogP contribution in [-0.2, 0) is 16.6 Å². The average molecular weight is 285 g/mol. The summed E-state index contributed by atoms with van der Waals surface area (Å²) in [7, 11) is -3.48. The van der Waals surface area contributed by atoms with E-state index in [4.69, 9.17) is 0 Å². The largest absolute Gasteiger partial charge is 0.313 e. The molecule has 1 unspecified atom stereocenters. The number of hydrogen-bond acceptors (Lipinski definition) is 4. The summed E-state index contributed by atoms with van der Waals surface area (Å²) in [6.07, 6.45) is 2.54. The van der Waals surface area contributed by atoms with Gasteiger partial charge >= 0.3 is 0 Å². The summed E-state index contributed by atoms with van der Waals surface area (Å²) in [6.45, 7) is 8.08. The van der Waals surface area contributed by atoms with Crippen molar-refractivity contribution in [1.29, 1.82) is 0 Å². The Morgan fingerprint density at radius 3 is 2.58 bits per heavy atom. The lowest BCUT2D eigenvalue weighted by molar-refractivity contribution is 0.526. The molecule has 0 spiro atoms. The van der Waals surface area contributed by atoms with Crippen molar-refractivity contribution in [1.82, 2.24) is 15.0 Å². The first-order valence-corrected chi connectivity index (χ1v) is 8.13. The Labute approximate surface area is 115 Å². The van der Waals surface area contributed by atoms with E-state index in [1.54, 1.807) is 18.3 Å². The molecule has 1 rings (SSSR count). The van der Waals surface area contributed by atoms with E-state index in [1.807, 2.05) is 20.8 Å². The zero-order valence-electron chi connectivity index (χ0n) is 11.8. The fraction of sp³-hybridized carbons (Fsp3) is 0.615. The number of pyridine rings is 1. The van der Waals surface area contributed by atoms with Crippen LogP contribution in [0.2, 0.25) is 0 Å². The molecule has 5 nitrogen and oxygen atoms in total. The molecule has 0 saturated carbocycles. The number of hydrogen-bond donors (Lipinski definition) is 2. The SMILES string of the molecule is CCNCc1ccc(S(=O)(=O)NCC(C)CC)nc1. The second-order valence-electron chi connectivity index (χ2n) is 4.65. The second kappa shape index (κ2) is 7.57. The van der Waals surface area contributed by atoms with E-state index in [2.05, 4.69) is 15.0 Å². The van der Waals surface area contributed by atoms with Gasteiger partial charge in [-0.05, 0) is 24.1 Å². The quantitative estimate of drug-likeness (QED) is 0.759. The highest BCUT2D eigenvalue weighted by Gasteiger charge is 2.15. The molecule has 0 fully saturated rings. The van der Waals surface area contributed by atoms with Gasteiger partial charge in [-0.1, -0.05) is 33.3 Å². The van der Waals surface area contributed by atoms with Crippen LogP contribution >= 0.6 is 0 Å². The molecule has 0 amide bonds. The Hall–Kier alpha value is -0.980. The van der Waals surface area contributed by atoms with Crippen LogP contribution < -0.4 is 10.0 Å². The minimum atomic E-state index is -3.48. The number of rotatable bonds is 8. The third-order valence-electron chi connectivity index (χ3n) is 2.97. The maximum Gasteiger partial charge on any atom is 0.258 e. The standard InChI is InChI=1S/C13H23N3O2S/c1-4-11(3)8-16-19(17,18)13-7-6-12(10-15-13)9-14-5-2/h6-7,10-11,14,16H,4-5,8-9H2,1-3H3. The molecule has 0 aliphatic carbocycles. The van der Waals surface area contributed by atoms with Gasteiger partial charge in [0.15, 0.2) is 5.03 Å². The molecule has 1 aromatic heterocycles. The van der Waals surface area contributed by atoms with Crippen LogP contribution in [0.4, 0.5) is 0 Å². The molecule has 0 radical (unpaired) electrons. The van der Waals surface area contributed by atoms with E-state index in [-0.39, 0.29) is 5.03 Å². The summed E-state index contributed by atoms with van der Waals surface area (Å²) < 4.78 is 26.6. The maximum atomic E-state index is 12.0. The third kappa shape index (κ3) is 5.26. The summed E-state index contributed by atoms with van der Waals surface area (Å²) in [5.74, 6) is 0.322. The van der Waals surface area contributed by atoms with E-state index in [0.717, 1.165) is 18.5 Å². The molecule has 1 aromatic rings. The molecule has 6 heteroatoms. The van der Waals surface area contributed by atoms with Gasteiger partial charge in [-0.2, -0.15) is 0 Å². The average Bonchev–Trinajstić information content (AvgIpc) is 2.43. The first kappa shape index (κ1) is 16.1. The minimum absolute atomic E-state index is 0.0797. The van der Waals surface area contributed by atoms with Crippen LogP contribution in [0.1, 0.15) is 32.8 Å². The van der Waals surface area contributed by atoms with Gasteiger partial charge in [0.2, 0.25) is 0 Å². The van der Waals surface area contributed by atoms with Crippen LogP contribution in [0.15, 0.2) is 23.4 Å². The number of nitrogens with zero attached hydrogens (tertiary/aromatic N) is 1. The predicted octanol–water partition coefficient (Wildman–Crippen LogP) is 1.52. The van der Waals surface area contributed by atoms with Crippen molar-refractivity contribution in [3.8, 4) is 0 Å². The molecular weight excluding hydrogens is 262 g/mol. The molecule has 0 aromatic carbocycles. The van der Waals surface area contributed by atoms with Gasteiger partial charge < -0.3 is 5.32 Å². The summed E-state index contributed by atoms with van der Waals surface area (Å²) in [4.78, 5) is 4.02. The van der Waals surface area contributed by atoms with Crippen LogP contribution in [0.3, 0.4) is 0 Å². The minimum Gasteiger partial charge on any atom is -0.313 e. The zero-order chi connectivity index (χ0) is 14.3. The summed E-state index contributed by atoms with van der Waals surface area (Å²) in [6, 6.07) is 3.33. The lowest BCUT2D eigenvalue weighted by Gasteiger charge is -2.10. The maximum absolute atomic E-state index is 12.0. The Morgan fingerprint density at radius 2 is 2.05 bits per heavy atom. The fourth-order valence-electron chi connectivity index (χ4n) is 1.41. The molecule has 19 heavy (non-hydrogen) atoms. The monoisotopic (exact) mass is 285 g/mol. The summed E-state index contributed by atoms with van der Waals surface area (Å²) >= 11 is 0. The van der Waals surface area contributed by atoms with Gasteiger partial charge in [-0.25, -0.2) is 18.1 Å². The first-order chi connectivity index (χ1) is 8.99. The number of nitrogens with one attached hydrogen (secondary N) is 2. The van der Waals surface area contributed by atoms with Crippen molar-refractivity contribution in [2.75, 3.05) is 13.1 Å². The zero-order valence-corrected chi connectivity index (χ0v) is 12.6. The number of aromatic nitrogens is 1. The number of sulfonamides is 1. The Bertz CT molecular complexity index is 471. The highest BCUT2D eigenvalue weighted by atomic mass is 32.2. The van der Waals surface area contributed by atoms with Crippen LogP contribution in [0.25, 0.3) is 0 Å². The highest BCUT2D eigenvalue weighted by Crippen LogP contribution is 2.08. The smallest absolute Gasteiger partial charge is 0.258 e. The van der Waals surface area contributed by atoms with Crippen molar-refractivity contribution >= 4 is 10.0 Å². The molecule has 2 N–H and O–H groups in total. The predicted molar refractivity (Wildman–Crippen MR) is 76.3 cm³/mol. The first-order valence-electron chi connectivity index (χ1n) is 6.65. The molecule has 108 valence electrons. The van der Waals surface area contributed by atoms with Gasteiger partial charge in [0.25, 0.3) is 10.0 Å². The van der Waals surface area contributed by atoms with Gasteiger partial charge in [0.05, 0.1) is 0 Å². The summed E-state index contributed by atoms with van der Waals surface area (Å²) in [5, 5.41) is 3.25. The van der Waals surface area contributed by atoms with Crippen LogP contribution in [0.5, 0.6) is 0 Å². The lowest BCUT2D eigenvalue weighted by Crippen LogP contribution is -2.29. The molecular formula is C13H23N3O2S. The highest BCUT2D eigenvalue weighted by molar-refractivity contribution is 7.89. The van der Waals surface area contributed by atoms with Crippen molar-refractivity contribution in [2.24, 2.45) is 5.92 Å². The molecule has 0 aliphatic rings. The van der Waals surface area contributed by atoms with Gasteiger partial charge in [0, 0.05) is 19.3 Å². The second-order valence-corrected chi connectivity index (χ2v) is 6.36. The van der Waals surface area contributed by atoms with Crippen molar-refractivity contribution in [3.63, 3.8) is 0 Å². The Morgan fingerprint density at radius 1 is 1.32 bits per heavy atom. The van der Waals surface area contributed by atoms with E-state index in [9.17, 15) is 8.42 Å². The third-order valence-corrected chi connectivity index (χ3v) is 4.31. The molecule has 0 saturated heterocycles. The normalized spacial score (nSPS) is 13.4. The van der Waals surface area contributed by atoms with Crippen LogP contribution in [-0.4, -0.2) is 26.5 Å². The topological polar surface area (TPSA) is 71.1 Å². The van der Waals surface area contributed by atoms with Crippen LogP contribution in [0, 0.1) is 5.92 Å². The van der Waals surface area contributed by atoms with Gasteiger partial charge in [0.1, 0.15) is 0 Å². The molecule has 0 bridgehead atoms. The molecule has 1 heterocycles. The van der Waals surface area contributed by atoms with E-state index in [1.165, 1.54) is 0 Å². The fourth-order valence-corrected chi connectivity index (χ4v) is 2.50. The molecule has 0 aliphatic heterocycles. The van der Waals surface area contributed by atoms with E-state index in [0.29, 0.717) is 19.0 Å². The lowest BCUT2D eigenvalue weighted by atomic mass is 10.1. The Kier molecular flexibility index (Phi) is 6.41. The van der Waals surface area contributed by atoms with E-state index >= 15 is 0 Å². The van der Waals surface area contributed by atoms with Crippen molar-refractivity contribution in [3.05, 3.63) is 23.9 Å². The van der Waals surface area contributed by atoms with E-state index < -0.39 is 10.0 Å². The van der Waals surface area contributed by atoms with Gasteiger partial charge in [-0.15, -0.1) is 0 Å². The van der Waals surface area contributed by atoms with Crippen molar-refractivity contribution in [2.45, 2.75) is 38.8 Å². The summed E-state index contributed by atoms with van der Waals surface area (Å²) in [5.41, 5.74) is 0.975. The molecule has 1 atom stereocenters. The van der Waals surface area contributed by atoms with Gasteiger partial charge in [-0.3, -0.25) is 0 Å². The Balaban J connectivity index is 2.68.